The number of rotatable bonds is 12. The number of carboxylic acid groups (broad SMARTS) is 2. The number of amides is 2. The van der Waals surface area contributed by atoms with Crippen molar-refractivity contribution in [3.05, 3.63) is 70.8 Å². The molecular formula is C28H34N2O6. The number of carbonyl (C=O) groups is 4. The van der Waals surface area contributed by atoms with Crippen molar-refractivity contribution < 1.29 is 29.4 Å². The van der Waals surface area contributed by atoms with Gasteiger partial charge < -0.3 is 20.8 Å². The first-order chi connectivity index (χ1) is 17.0. The molecule has 0 saturated heterocycles. The quantitative estimate of drug-likeness (QED) is 0.325. The maximum absolute atomic E-state index is 12.4. The Morgan fingerprint density at radius 2 is 0.944 bits per heavy atom. The Kier molecular flexibility index (Phi) is 10.4. The fraction of sp³-hybridized carbons (Fsp3) is 0.357. The van der Waals surface area contributed by atoms with Crippen LogP contribution >= 0.6 is 0 Å². The Bertz CT molecular complexity index is 1000. The van der Waals surface area contributed by atoms with E-state index in [-0.39, 0.29) is 11.8 Å². The van der Waals surface area contributed by atoms with E-state index in [4.69, 9.17) is 0 Å². The lowest BCUT2D eigenvalue weighted by Crippen LogP contribution is -2.41. The van der Waals surface area contributed by atoms with Gasteiger partial charge in [0.05, 0.1) is 0 Å². The van der Waals surface area contributed by atoms with Crippen molar-refractivity contribution in [2.45, 2.75) is 52.6 Å². The van der Waals surface area contributed by atoms with Gasteiger partial charge in [0.15, 0.2) is 0 Å². The summed E-state index contributed by atoms with van der Waals surface area (Å²) in [4.78, 5) is 47.6. The van der Waals surface area contributed by atoms with Crippen molar-refractivity contribution in [3.63, 3.8) is 0 Å². The van der Waals surface area contributed by atoms with E-state index in [1.165, 1.54) is 0 Å². The highest BCUT2D eigenvalue weighted by atomic mass is 16.4. The number of hydrogen-bond donors (Lipinski definition) is 4. The van der Waals surface area contributed by atoms with Crippen LogP contribution in [-0.4, -0.2) is 46.0 Å². The molecule has 0 radical (unpaired) electrons. The molecule has 0 saturated carbocycles. The van der Waals surface area contributed by atoms with Crippen molar-refractivity contribution in [2.24, 2.45) is 11.8 Å². The van der Waals surface area contributed by atoms with E-state index in [2.05, 4.69) is 10.6 Å². The Labute approximate surface area is 211 Å². The van der Waals surface area contributed by atoms with Gasteiger partial charge in [-0.1, -0.05) is 64.1 Å². The van der Waals surface area contributed by atoms with Crippen LogP contribution in [0.25, 0.3) is 12.2 Å². The molecule has 192 valence electrons. The van der Waals surface area contributed by atoms with Crippen molar-refractivity contribution in [1.82, 2.24) is 10.6 Å². The topological polar surface area (TPSA) is 133 Å². The monoisotopic (exact) mass is 494 g/mol. The molecule has 0 fully saturated rings. The average Bonchev–Trinajstić information content (AvgIpc) is 2.81. The van der Waals surface area contributed by atoms with E-state index in [1.807, 2.05) is 39.8 Å². The van der Waals surface area contributed by atoms with Crippen molar-refractivity contribution in [2.75, 3.05) is 0 Å². The SMILES string of the molecule is CC(C)C[C@H](NC(=O)c1ccc(/C=C\c2ccc(C(=O)N[C@@H](CC(C)C)C(=O)O)cc2)cc1)C(=O)O. The maximum Gasteiger partial charge on any atom is 0.326 e. The molecule has 0 aliphatic rings. The van der Waals surface area contributed by atoms with E-state index in [0.717, 1.165) is 11.1 Å². The van der Waals surface area contributed by atoms with Crippen molar-refractivity contribution in [3.8, 4) is 0 Å². The zero-order valence-corrected chi connectivity index (χ0v) is 21.0. The zero-order chi connectivity index (χ0) is 26.8. The Morgan fingerprint density at radius 3 is 1.19 bits per heavy atom. The van der Waals surface area contributed by atoms with Gasteiger partial charge in [-0.15, -0.1) is 0 Å². The van der Waals surface area contributed by atoms with Crippen LogP contribution in [0.4, 0.5) is 0 Å². The summed E-state index contributed by atoms with van der Waals surface area (Å²) in [6.45, 7) is 7.59. The number of nitrogens with one attached hydrogen (secondary N) is 2. The lowest BCUT2D eigenvalue weighted by atomic mass is 10.0. The molecule has 8 nitrogen and oxygen atoms in total. The third-order valence-electron chi connectivity index (χ3n) is 5.44. The highest BCUT2D eigenvalue weighted by Crippen LogP contribution is 2.13. The summed E-state index contributed by atoms with van der Waals surface area (Å²) in [6, 6.07) is 11.7. The zero-order valence-electron chi connectivity index (χ0n) is 21.0. The smallest absolute Gasteiger partial charge is 0.326 e. The summed E-state index contributed by atoms with van der Waals surface area (Å²) in [5, 5.41) is 23.7. The minimum atomic E-state index is -1.06. The normalized spacial score (nSPS) is 12.9. The summed E-state index contributed by atoms with van der Waals surface area (Å²) < 4.78 is 0. The maximum atomic E-state index is 12.4. The third-order valence-corrected chi connectivity index (χ3v) is 5.44. The minimum absolute atomic E-state index is 0.133. The van der Waals surface area contributed by atoms with Crippen LogP contribution in [0.3, 0.4) is 0 Å². The molecule has 0 aromatic heterocycles. The van der Waals surface area contributed by atoms with Gasteiger partial charge in [0.1, 0.15) is 12.1 Å². The highest BCUT2D eigenvalue weighted by Gasteiger charge is 2.22. The summed E-state index contributed by atoms with van der Waals surface area (Å²) in [7, 11) is 0. The molecule has 36 heavy (non-hydrogen) atoms. The molecule has 2 rings (SSSR count). The number of benzene rings is 2. The first-order valence-corrected chi connectivity index (χ1v) is 11.9. The number of carboxylic acids is 2. The highest BCUT2D eigenvalue weighted by molar-refractivity contribution is 5.97. The Morgan fingerprint density at radius 1 is 0.639 bits per heavy atom. The summed E-state index contributed by atoms with van der Waals surface area (Å²) in [5.41, 5.74) is 2.41. The first-order valence-electron chi connectivity index (χ1n) is 11.9. The van der Waals surface area contributed by atoms with Gasteiger partial charge in [-0.2, -0.15) is 0 Å². The van der Waals surface area contributed by atoms with Gasteiger partial charge in [-0.25, -0.2) is 9.59 Å². The molecule has 2 aromatic rings. The molecular weight excluding hydrogens is 460 g/mol. The Balaban J connectivity index is 2.00. The van der Waals surface area contributed by atoms with Crippen LogP contribution in [0.2, 0.25) is 0 Å². The van der Waals surface area contributed by atoms with Gasteiger partial charge in [0, 0.05) is 11.1 Å². The second-order valence-electron chi connectivity index (χ2n) is 9.57. The number of carbonyl (C=O) groups excluding carboxylic acids is 2. The van der Waals surface area contributed by atoms with Gasteiger partial charge in [-0.05, 0) is 60.1 Å². The summed E-state index contributed by atoms with van der Waals surface area (Å²) in [5.74, 6) is -2.73. The van der Waals surface area contributed by atoms with Crippen LogP contribution in [0.5, 0.6) is 0 Å². The van der Waals surface area contributed by atoms with E-state index in [0.29, 0.717) is 24.0 Å². The number of aliphatic carboxylic acids is 2. The van der Waals surface area contributed by atoms with Crippen LogP contribution < -0.4 is 10.6 Å². The third kappa shape index (κ3) is 9.02. The van der Waals surface area contributed by atoms with E-state index in [9.17, 15) is 29.4 Å². The van der Waals surface area contributed by atoms with Crippen LogP contribution in [0, 0.1) is 11.8 Å². The fourth-order valence-corrected chi connectivity index (χ4v) is 3.55. The molecule has 2 atom stereocenters. The molecule has 2 aromatic carbocycles. The molecule has 0 heterocycles. The number of hydrogen-bond acceptors (Lipinski definition) is 4. The summed E-state index contributed by atoms with van der Waals surface area (Å²) in [6.07, 6.45) is 4.39. The van der Waals surface area contributed by atoms with Crippen LogP contribution in [-0.2, 0) is 9.59 Å². The summed E-state index contributed by atoms with van der Waals surface area (Å²) >= 11 is 0. The van der Waals surface area contributed by atoms with E-state index >= 15 is 0 Å². The van der Waals surface area contributed by atoms with Crippen LogP contribution in [0.1, 0.15) is 72.4 Å². The molecule has 0 bridgehead atoms. The van der Waals surface area contributed by atoms with E-state index in [1.54, 1.807) is 48.5 Å². The predicted octanol–water partition coefficient (Wildman–Crippen LogP) is 4.32. The standard InChI is InChI=1S/C28H34N2O6/c1-17(2)15-23(27(33)34)29-25(31)21-11-7-19(8-12-21)5-6-20-9-13-22(14-10-20)26(32)30-24(28(35)36)16-18(3)4/h5-14,17-18,23-24H,15-16H2,1-4H3,(H,29,31)(H,30,32)(H,33,34)(H,35,36)/b6-5-/t23-,24-/m0/s1. The second-order valence-corrected chi connectivity index (χ2v) is 9.57. The van der Waals surface area contributed by atoms with Crippen LogP contribution in [0.15, 0.2) is 48.5 Å². The molecule has 0 spiro atoms. The largest absolute Gasteiger partial charge is 0.480 e. The Hall–Kier alpha value is -3.94. The van der Waals surface area contributed by atoms with Gasteiger partial charge >= 0.3 is 11.9 Å². The average molecular weight is 495 g/mol. The van der Waals surface area contributed by atoms with Gasteiger partial charge in [0.25, 0.3) is 11.8 Å². The molecule has 0 aliphatic heterocycles. The lowest BCUT2D eigenvalue weighted by molar-refractivity contribution is -0.140. The van der Waals surface area contributed by atoms with E-state index < -0.39 is 35.8 Å². The predicted molar refractivity (Wildman–Crippen MR) is 139 cm³/mol. The first kappa shape index (κ1) is 28.3. The second kappa shape index (κ2) is 13.2. The molecule has 4 N–H and O–H groups in total. The van der Waals surface area contributed by atoms with Crippen molar-refractivity contribution in [1.29, 1.82) is 0 Å². The van der Waals surface area contributed by atoms with Gasteiger partial charge in [-0.3, -0.25) is 9.59 Å². The lowest BCUT2D eigenvalue weighted by Gasteiger charge is -2.16. The fourth-order valence-electron chi connectivity index (χ4n) is 3.55. The molecule has 0 unspecified atom stereocenters. The minimum Gasteiger partial charge on any atom is -0.480 e. The molecule has 2 amide bonds. The molecule has 0 aliphatic carbocycles. The molecule has 8 heteroatoms. The van der Waals surface area contributed by atoms with Gasteiger partial charge in [0.2, 0.25) is 0 Å². The van der Waals surface area contributed by atoms with Crippen molar-refractivity contribution >= 4 is 35.9 Å².